The molecule has 0 saturated heterocycles. The molecule has 0 amide bonds. The van der Waals surface area contributed by atoms with Crippen LogP contribution >= 0.6 is 0 Å². The molecule has 11 heteroatoms. The van der Waals surface area contributed by atoms with Gasteiger partial charge in [-0.1, -0.05) is 31.2 Å². The van der Waals surface area contributed by atoms with Crippen LogP contribution in [0.3, 0.4) is 0 Å². The van der Waals surface area contributed by atoms with Gasteiger partial charge in [0.15, 0.2) is 5.65 Å². The van der Waals surface area contributed by atoms with Crippen molar-refractivity contribution in [2.24, 2.45) is 0 Å². The fourth-order valence-electron chi connectivity index (χ4n) is 3.78. The van der Waals surface area contributed by atoms with Gasteiger partial charge >= 0.3 is 17.1 Å². The number of nitrogens with one attached hydrogen (secondary N) is 1. The minimum absolute atomic E-state index is 0.258. The highest BCUT2D eigenvalue weighted by Crippen LogP contribution is 2.16. The number of anilines is 1. The van der Waals surface area contributed by atoms with Gasteiger partial charge in [0.25, 0.3) is 5.56 Å². The molecule has 10 nitrogen and oxygen atoms in total. The molecule has 0 radical (unpaired) electrons. The van der Waals surface area contributed by atoms with Crippen molar-refractivity contribution in [1.29, 1.82) is 0 Å². The Bertz CT molecular complexity index is 1440. The summed E-state index contributed by atoms with van der Waals surface area (Å²) in [4.78, 5) is 33.8. The number of H-pyrrole nitrogens is 1. The summed E-state index contributed by atoms with van der Waals surface area (Å²) < 4.78 is 27.1. The van der Waals surface area contributed by atoms with Crippen LogP contribution < -0.4 is 21.2 Å². The lowest BCUT2D eigenvalue weighted by Crippen LogP contribution is -2.40. The van der Waals surface area contributed by atoms with E-state index >= 15 is 0 Å². The van der Waals surface area contributed by atoms with Crippen LogP contribution in [0, 0.1) is 0 Å². The minimum Gasteiger partial charge on any atom is -0.399 e. The fraction of sp³-hybridized carbons (Fsp3) is 0.261. The normalized spacial score (nSPS) is 12.2. The van der Waals surface area contributed by atoms with E-state index in [1.165, 1.54) is 9.13 Å². The van der Waals surface area contributed by atoms with Crippen LogP contribution in [0.2, 0.25) is 0 Å². The van der Waals surface area contributed by atoms with E-state index in [1.807, 2.05) is 31.2 Å². The van der Waals surface area contributed by atoms with E-state index in [2.05, 4.69) is 9.97 Å². The zero-order valence-electron chi connectivity index (χ0n) is 18.6. The van der Waals surface area contributed by atoms with Crippen LogP contribution in [0.1, 0.15) is 30.3 Å². The summed E-state index contributed by atoms with van der Waals surface area (Å²) in [5.41, 5.74) is 8.13. The Morgan fingerprint density at radius 1 is 1.03 bits per heavy atom. The summed E-state index contributed by atoms with van der Waals surface area (Å²) in [7, 11) is 0. The quantitative estimate of drug-likeness (QED) is 0.244. The number of imidazole rings is 1. The highest BCUT2D eigenvalue weighted by atomic mass is 32.2. The van der Waals surface area contributed by atoms with Gasteiger partial charge in [-0.2, -0.15) is 4.21 Å². The Morgan fingerprint density at radius 3 is 2.35 bits per heavy atom. The maximum Gasteiger partial charge on any atom is 0.357 e. The molecule has 0 fully saturated rings. The van der Waals surface area contributed by atoms with E-state index in [0.29, 0.717) is 49.5 Å². The first-order chi connectivity index (χ1) is 16.4. The smallest absolute Gasteiger partial charge is 0.357 e. The molecular formula is C23H25N5O5S. The first-order valence-corrected chi connectivity index (χ1v) is 11.8. The molecule has 4 aromatic rings. The molecule has 0 aliphatic heterocycles. The summed E-state index contributed by atoms with van der Waals surface area (Å²) in [5.74, 6) is 0.787. The van der Waals surface area contributed by atoms with Crippen molar-refractivity contribution in [2.75, 3.05) is 5.73 Å². The number of hydrogen-bond donors (Lipinski definition) is 3. The molecule has 0 bridgehead atoms. The van der Waals surface area contributed by atoms with Gasteiger partial charge in [-0.15, -0.1) is 0 Å². The zero-order valence-corrected chi connectivity index (χ0v) is 19.4. The average molecular weight is 484 g/mol. The van der Waals surface area contributed by atoms with Crippen molar-refractivity contribution in [1.82, 2.24) is 19.1 Å². The van der Waals surface area contributed by atoms with Gasteiger partial charge in [-0.05, 0) is 48.2 Å². The summed E-state index contributed by atoms with van der Waals surface area (Å²) in [6.45, 7) is 2.59. The lowest BCUT2D eigenvalue weighted by atomic mass is 10.1. The van der Waals surface area contributed by atoms with Gasteiger partial charge in [0.05, 0.1) is 0 Å². The number of aryl methyl sites for hydroxylation is 2. The van der Waals surface area contributed by atoms with E-state index < -0.39 is 16.9 Å². The van der Waals surface area contributed by atoms with Crippen LogP contribution in [-0.2, 0) is 37.3 Å². The molecule has 0 aliphatic carbocycles. The number of nitrogens with zero attached hydrogens (tertiary/aromatic N) is 3. The van der Waals surface area contributed by atoms with E-state index in [-0.39, 0.29) is 17.0 Å². The standard InChI is InChI=1S/C23H25N5O5S/c1-2-12-28-22(29)20-21(27(23(28)30)13-11-15-3-7-17(24)8-4-15)26-19(25-20)14-16-5-9-18(10-6-16)33-34(31)32/h3-10H,2,11-14,24H2,1H3,(H,25,26)(H,31,32). The first kappa shape index (κ1) is 23.5. The number of hydrogen-bond acceptors (Lipinski definition) is 6. The van der Waals surface area contributed by atoms with Crippen molar-refractivity contribution in [3.05, 3.63) is 86.3 Å². The van der Waals surface area contributed by atoms with E-state index in [1.54, 1.807) is 24.3 Å². The second-order valence-corrected chi connectivity index (χ2v) is 8.49. The van der Waals surface area contributed by atoms with Crippen LogP contribution in [-0.4, -0.2) is 27.9 Å². The minimum atomic E-state index is -2.39. The van der Waals surface area contributed by atoms with Crippen LogP contribution in [0.25, 0.3) is 11.2 Å². The predicted molar refractivity (Wildman–Crippen MR) is 130 cm³/mol. The maximum absolute atomic E-state index is 13.2. The molecule has 2 aromatic heterocycles. The summed E-state index contributed by atoms with van der Waals surface area (Å²) in [6.07, 6.45) is 1.60. The van der Waals surface area contributed by atoms with E-state index in [9.17, 15) is 13.8 Å². The number of nitrogens with two attached hydrogens (primary N) is 1. The maximum atomic E-state index is 13.2. The Morgan fingerprint density at radius 2 is 1.71 bits per heavy atom. The Balaban J connectivity index is 1.69. The fourth-order valence-corrected chi connectivity index (χ4v) is 4.06. The Hall–Kier alpha value is -3.70. The Kier molecular flexibility index (Phi) is 6.94. The van der Waals surface area contributed by atoms with E-state index in [0.717, 1.165) is 11.1 Å². The van der Waals surface area contributed by atoms with Crippen LogP contribution in [0.4, 0.5) is 5.69 Å². The van der Waals surface area contributed by atoms with Gasteiger partial charge in [0.2, 0.25) is 0 Å². The lowest BCUT2D eigenvalue weighted by molar-refractivity contribution is 0.458. The molecule has 1 unspecified atom stereocenters. The van der Waals surface area contributed by atoms with Gasteiger partial charge in [0, 0.05) is 25.2 Å². The first-order valence-electron chi connectivity index (χ1n) is 10.8. The highest BCUT2D eigenvalue weighted by Gasteiger charge is 2.17. The number of fused-ring (bicyclic) bond motifs is 1. The van der Waals surface area contributed by atoms with Crippen molar-refractivity contribution >= 4 is 28.2 Å². The monoisotopic (exact) mass is 483 g/mol. The van der Waals surface area contributed by atoms with E-state index in [4.69, 9.17) is 14.5 Å². The lowest BCUT2D eigenvalue weighted by Gasteiger charge is -2.11. The second kappa shape index (κ2) is 10.1. The largest absolute Gasteiger partial charge is 0.399 e. The SMILES string of the molecule is CCCn1c(=O)c2[nH]c(Cc3ccc(OS(=O)O)cc3)nc2n(CCc2ccc(N)cc2)c1=O. The average Bonchev–Trinajstić information content (AvgIpc) is 3.22. The summed E-state index contributed by atoms with van der Waals surface area (Å²) in [5, 5.41) is 0. The van der Waals surface area contributed by atoms with Crippen molar-refractivity contribution in [3.63, 3.8) is 0 Å². The molecule has 2 aromatic carbocycles. The predicted octanol–water partition coefficient (Wildman–Crippen LogP) is 2.23. The number of nitrogen functional groups attached to an aromatic ring is 1. The third-order valence-corrected chi connectivity index (χ3v) is 5.76. The van der Waals surface area contributed by atoms with Gasteiger partial charge in [0.1, 0.15) is 17.1 Å². The molecule has 178 valence electrons. The van der Waals surface area contributed by atoms with Crippen LogP contribution in [0.5, 0.6) is 5.75 Å². The highest BCUT2D eigenvalue weighted by molar-refractivity contribution is 7.74. The third-order valence-electron chi connectivity index (χ3n) is 5.42. The second-order valence-electron chi connectivity index (χ2n) is 7.89. The number of aromatic nitrogens is 4. The van der Waals surface area contributed by atoms with Gasteiger partial charge in [-0.3, -0.25) is 18.5 Å². The topological polar surface area (TPSA) is 145 Å². The van der Waals surface area contributed by atoms with Gasteiger partial charge < -0.3 is 14.9 Å². The molecule has 4 N–H and O–H groups in total. The molecule has 2 heterocycles. The third kappa shape index (κ3) is 5.10. The van der Waals surface area contributed by atoms with Crippen LogP contribution in [0.15, 0.2) is 58.1 Å². The Labute approximate surface area is 197 Å². The molecule has 4 rings (SSSR count). The molecule has 1 atom stereocenters. The molecular weight excluding hydrogens is 458 g/mol. The molecule has 0 aliphatic rings. The molecule has 34 heavy (non-hydrogen) atoms. The van der Waals surface area contributed by atoms with Crippen molar-refractivity contribution in [3.8, 4) is 5.75 Å². The molecule has 0 saturated carbocycles. The van der Waals surface area contributed by atoms with Crippen molar-refractivity contribution < 1.29 is 12.9 Å². The zero-order chi connectivity index (χ0) is 24.2. The number of benzene rings is 2. The summed E-state index contributed by atoms with van der Waals surface area (Å²) in [6, 6.07) is 14.1. The summed E-state index contributed by atoms with van der Waals surface area (Å²) >= 11 is -2.39. The number of rotatable bonds is 9. The molecule has 0 spiro atoms. The number of aromatic amines is 1. The van der Waals surface area contributed by atoms with Crippen molar-refractivity contribution in [2.45, 2.75) is 39.3 Å². The van der Waals surface area contributed by atoms with Gasteiger partial charge in [-0.25, -0.2) is 9.78 Å².